The van der Waals surface area contributed by atoms with E-state index in [0.29, 0.717) is 36.6 Å². The van der Waals surface area contributed by atoms with Crippen molar-refractivity contribution in [3.63, 3.8) is 0 Å². The molecule has 1 aromatic carbocycles. The zero-order chi connectivity index (χ0) is 15.4. The van der Waals surface area contributed by atoms with Crippen molar-refractivity contribution in [3.8, 4) is 5.75 Å². The van der Waals surface area contributed by atoms with E-state index in [0.717, 1.165) is 0 Å². The van der Waals surface area contributed by atoms with Crippen molar-refractivity contribution in [2.45, 2.75) is 17.3 Å². The second kappa shape index (κ2) is 9.13. The fourth-order valence-electron chi connectivity index (χ4n) is 2.14. The summed E-state index contributed by atoms with van der Waals surface area (Å²) in [6.07, 6.45) is 5.24. The summed E-state index contributed by atoms with van der Waals surface area (Å²) in [6.45, 7) is 6.23. The third-order valence-corrected chi connectivity index (χ3v) is 4.11. The molecule has 0 bridgehead atoms. The van der Waals surface area contributed by atoms with E-state index in [-0.39, 0.29) is 42.5 Å². The number of halogens is 2. The van der Waals surface area contributed by atoms with Gasteiger partial charge in [0.15, 0.2) is 0 Å². The van der Waals surface area contributed by atoms with E-state index in [9.17, 15) is 9.18 Å². The number of hydrogen-bond donors (Lipinski definition) is 0. The molecule has 115 valence electrons. The van der Waals surface area contributed by atoms with Crippen LogP contribution in [0, 0.1) is 11.9 Å². The van der Waals surface area contributed by atoms with Crippen LogP contribution in [-0.4, -0.2) is 27.9 Å². The predicted molar refractivity (Wildman–Crippen MR) is 88.6 cm³/mol. The average molecular weight is 489 g/mol. The quantitative estimate of drug-likeness (QED) is 0.274. The molecule has 1 atom stereocenters. The number of nitrogens with zero attached hydrogens (tertiary/aromatic N) is 1. The molecule has 0 spiro atoms. The topological polar surface area (TPSA) is 29.5 Å². The van der Waals surface area contributed by atoms with Gasteiger partial charge in [0.05, 0.1) is 9.74 Å². The molecule has 22 heavy (non-hydrogen) atoms. The fourth-order valence-corrected chi connectivity index (χ4v) is 2.69. The van der Waals surface area contributed by atoms with Crippen molar-refractivity contribution >= 4 is 34.2 Å². The Morgan fingerprint density at radius 2 is 2.32 bits per heavy atom. The van der Waals surface area contributed by atoms with Gasteiger partial charge in [0.25, 0.3) is 0 Å². The minimum atomic E-state index is -0.419. The number of hydrogen-bond acceptors (Lipinski definition) is 2. The Kier molecular flexibility index (Phi) is 8.21. The Morgan fingerprint density at radius 1 is 1.59 bits per heavy atom. The van der Waals surface area contributed by atoms with Gasteiger partial charge in [-0.3, -0.25) is 4.79 Å². The van der Waals surface area contributed by atoms with Crippen LogP contribution in [0.5, 0.6) is 5.75 Å². The first-order valence-electron chi connectivity index (χ1n) is 6.68. The van der Waals surface area contributed by atoms with Crippen molar-refractivity contribution in [2.75, 3.05) is 13.2 Å². The largest absolute Gasteiger partial charge is 0.490 e. The molecule has 1 heterocycles. The SMILES string of the molecule is C=CCOc1ccc(C2=[C-]CC(I)C(=O)N2CC)c(F)c1.[Y]. The second-order valence-electron chi connectivity index (χ2n) is 4.52. The molecule has 0 N–H and O–H groups in total. The summed E-state index contributed by atoms with van der Waals surface area (Å²) in [5, 5.41) is 0. The molecule has 0 saturated heterocycles. The number of amides is 1. The summed E-state index contributed by atoms with van der Waals surface area (Å²) < 4.78 is 19.5. The van der Waals surface area contributed by atoms with E-state index in [4.69, 9.17) is 4.74 Å². The zero-order valence-electron chi connectivity index (χ0n) is 12.3. The van der Waals surface area contributed by atoms with Gasteiger partial charge in [-0.15, -0.1) is 17.3 Å². The van der Waals surface area contributed by atoms with Crippen molar-refractivity contribution in [1.82, 2.24) is 4.90 Å². The molecule has 1 aromatic rings. The average Bonchev–Trinajstić information content (AvgIpc) is 2.48. The Morgan fingerprint density at radius 3 is 2.91 bits per heavy atom. The van der Waals surface area contributed by atoms with Gasteiger partial charge in [-0.25, -0.2) is 10.5 Å². The first kappa shape index (κ1) is 19.8. The molecule has 3 nitrogen and oxygen atoms in total. The molecular formula is C16H16FINO2Y-. The maximum absolute atomic E-state index is 14.3. The predicted octanol–water partition coefficient (Wildman–Crippen LogP) is 3.59. The van der Waals surface area contributed by atoms with E-state index in [1.165, 1.54) is 6.07 Å². The fraction of sp³-hybridized carbons (Fsp3) is 0.312. The van der Waals surface area contributed by atoms with E-state index < -0.39 is 5.82 Å². The first-order chi connectivity index (χ1) is 10.1. The van der Waals surface area contributed by atoms with Gasteiger partial charge < -0.3 is 9.64 Å². The van der Waals surface area contributed by atoms with Crippen LogP contribution in [0.4, 0.5) is 4.39 Å². The van der Waals surface area contributed by atoms with Crippen LogP contribution < -0.4 is 4.74 Å². The summed E-state index contributed by atoms with van der Waals surface area (Å²) >= 11 is 2.09. The zero-order valence-corrected chi connectivity index (χ0v) is 17.3. The minimum absolute atomic E-state index is 0. The monoisotopic (exact) mass is 489 g/mol. The molecule has 1 amide bonds. The summed E-state index contributed by atoms with van der Waals surface area (Å²) in [5.74, 6) is 0.0177. The normalized spacial score (nSPS) is 17.6. The van der Waals surface area contributed by atoms with Crippen molar-refractivity contribution in [3.05, 3.63) is 48.3 Å². The number of benzene rings is 1. The van der Waals surface area contributed by atoms with Crippen LogP contribution in [0.2, 0.25) is 0 Å². The van der Waals surface area contributed by atoms with Gasteiger partial charge in [-0.05, 0) is 19.1 Å². The third kappa shape index (κ3) is 4.39. The Hall–Kier alpha value is -0.266. The van der Waals surface area contributed by atoms with Gasteiger partial charge in [-0.1, -0.05) is 41.7 Å². The number of carbonyl (C=O) groups excluding carboxylic acids is 1. The number of rotatable bonds is 5. The number of alkyl halides is 1. The standard InChI is InChI=1S/C16H16FINO2.Y/c1-3-9-21-11-5-6-12(13(17)10-11)15-8-7-14(18)16(20)19(15)4-2;/h3,5-6,10,14H,1,4,7,9H2,2H3;/q-1;. The number of ether oxygens (including phenoxy) is 1. The van der Waals surface area contributed by atoms with Crippen molar-refractivity contribution in [1.29, 1.82) is 0 Å². The van der Waals surface area contributed by atoms with Crippen LogP contribution in [0.25, 0.3) is 5.70 Å². The summed E-state index contributed by atoms with van der Waals surface area (Å²) in [7, 11) is 0. The van der Waals surface area contributed by atoms with Crippen molar-refractivity contribution < 1.29 is 46.6 Å². The summed E-state index contributed by atoms with van der Waals surface area (Å²) in [5.41, 5.74) is 0.891. The van der Waals surface area contributed by atoms with Crippen LogP contribution in [0.3, 0.4) is 0 Å². The van der Waals surface area contributed by atoms with Gasteiger partial charge in [0.2, 0.25) is 5.91 Å². The molecular weight excluding hydrogens is 473 g/mol. The van der Waals surface area contributed by atoms with Gasteiger partial charge in [-0.2, -0.15) is 0 Å². The van der Waals surface area contributed by atoms with E-state index in [2.05, 4.69) is 35.2 Å². The number of allylic oxidation sites excluding steroid dienone is 1. The minimum Gasteiger partial charge on any atom is -0.490 e. The molecule has 1 unspecified atom stereocenters. The Bertz CT molecular complexity index is 592. The summed E-state index contributed by atoms with van der Waals surface area (Å²) in [6, 6.07) is 4.63. The maximum atomic E-state index is 14.3. The van der Waals surface area contributed by atoms with E-state index in [1.54, 1.807) is 23.1 Å². The van der Waals surface area contributed by atoms with Gasteiger partial charge >= 0.3 is 0 Å². The first-order valence-corrected chi connectivity index (χ1v) is 7.93. The number of carbonyl (C=O) groups is 1. The summed E-state index contributed by atoms with van der Waals surface area (Å²) in [4.78, 5) is 13.7. The molecule has 0 aliphatic carbocycles. The second-order valence-corrected chi connectivity index (χ2v) is 6.02. The van der Waals surface area contributed by atoms with Crippen LogP contribution in [0.1, 0.15) is 18.9 Å². The smallest absolute Gasteiger partial charge is 0.235 e. The van der Waals surface area contributed by atoms with Crippen molar-refractivity contribution in [2.24, 2.45) is 0 Å². The maximum Gasteiger partial charge on any atom is 0.235 e. The van der Waals surface area contributed by atoms with Gasteiger partial charge in [0, 0.05) is 39.3 Å². The Balaban J connectivity index is 0.00000242. The molecule has 2 rings (SSSR count). The molecule has 6 heteroatoms. The van der Waals surface area contributed by atoms with Gasteiger partial charge in [0.1, 0.15) is 12.4 Å². The molecule has 1 aliphatic heterocycles. The van der Waals surface area contributed by atoms with Crippen LogP contribution in [0.15, 0.2) is 30.9 Å². The van der Waals surface area contributed by atoms with Crippen LogP contribution >= 0.6 is 22.6 Å². The molecule has 1 aliphatic rings. The molecule has 0 fully saturated rings. The van der Waals surface area contributed by atoms with E-state index in [1.807, 2.05) is 6.92 Å². The van der Waals surface area contributed by atoms with E-state index >= 15 is 0 Å². The Labute approximate surface area is 169 Å². The third-order valence-electron chi connectivity index (χ3n) is 3.13. The molecule has 1 radical (unpaired) electrons. The molecule has 0 saturated carbocycles. The molecule has 0 aromatic heterocycles. The van der Waals surface area contributed by atoms with Crippen LogP contribution in [-0.2, 0) is 37.5 Å².